The summed E-state index contributed by atoms with van der Waals surface area (Å²) in [6, 6.07) is 0. The Morgan fingerprint density at radius 1 is 0.978 bits per heavy atom. The van der Waals surface area contributed by atoms with Crippen LogP contribution in [0.25, 0.3) is 0 Å². The molecule has 0 aromatic heterocycles. The zero-order chi connectivity index (χ0) is 33.3. The highest BCUT2D eigenvalue weighted by molar-refractivity contribution is 5.99. The van der Waals surface area contributed by atoms with Crippen LogP contribution in [-0.4, -0.2) is 93.5 Å². The number of carbonyl (C=O) groups is 3. The molecule has 4 fully saturated rings. The molecular weight excluding hydrogens is 592 g/mol. The van der Waals surface area contributed by atoms with Crippen LogP contribution in [0.15, 0.2) is 11.6 Å². The number of hydrogen-bond acceptors (Lipinski definition) is 10. The van der Waals surface area contributed by atoms with Crippen molar-refractivity contribution >= 4 is 17.5 Å². The normalized spacial score (nSPS) is 40.5. The summed E-state index contributed by atoms with van der Waals surface area (Å²) in [7, 11) is 4.88. The van der Waals surface area contributed by atoms with Gasteiger partial charge in [-0.3, -0.25) is 14.4 Å². The van der Waals surface area contributed by atoms with Crippen LogP contribution in [0.5, 0.6) is 0 Å². The van der Waals surface area contributed by atoms with Crippen LogP contribution in [0.4, 0.5) is 0 Å². The third-order valence-electron chi connectivity index (χ3n) is 12.1. The van der Waals surface area contributed by atoms with Crippen LogP contribution in [-0.2, 0) is 42.8 Å². The Bertz CT molecular complexity index is 1120. The maximum atomic E-state index is 14.0. The molecule has 10 nitrogen and oxygen atoms in total. The lowest BCUT2D eigenvalue weighted by atomic mass is 9.49. The molecule has 3 unspecified atom stereocenters. The van der Waals surface area contributed by atoms with E-state index >= 15 is 0 Å². The average Bonchev–Trinajstić information content (AvgIpc) is 3.61. The monoisotopic (exact) mass is 648 g/mol. The van der Waals surface area contributed by atoms with Crippen molar-refractivity contribution in [1.29, 1.82) is 0 Å². The number of cyclic esters (lactones) is 1. The fourth-order valence-corrected chi connectivity index (χ4v) is 9.25. The van der Waals surface area contributed by atoms with Gasteiger partial charge in [0.25, 0.3) is 0 Å². The fraction of sp³-hybridized carbons (Fsp3) is 0.861. The van der Waals surface area contributed by atoms with Gasteiger partial charge in [-0.2, -0.15) is 0 Å². The molecule has 4 aliphatic carbocycles. The highest BCUT2D eigenvalue weighted by Gasteiger charge is 2.64. The molecule has 0 amide bonds. The molecule has 0 bridgehead atoms. The molecule has 46 heavy (non-hydrogen) atoms. The van der Waals surface area contributed by atoms with E-state index in [1.807, 2.05) is 20.8 Å². The van der Waals surface area contributed by atoms with E-state index in [0.717, 1.165) is 12.8 Å². The molecule has 260 valence electrons. The summed E-state index contributed by atoms with van der Waals surface area (Å²) in [5.41, 5.74) is 0.610. The van der Waals surface area contributed by atoms with Crippen LogP contribution in [0, 0.1) is 47.3 Å². The summed E-state index contributed by atoms with van der Waals surface area (Å²) in [4.78, 5) is 40.7. The van der Waals surface area contributed by atoms with Gasteiger partial charge in [-0.1, -0.05) is 19.9 Å². The molecule has 5 aliphatic rings. The first kappa shape index (κ1) is 35.6. The minimum Gasteiger partial charge on any atom is -0.462 e. The lowest BCUT2D eigenvalue weighted by Crippen LogP contribution is -2.55. The summed E-state index contributed by atoms with van der Waals surface area (Å²) in [6.45, 7) is 7.99. The molecule has 0 spiro atoms. The van der Waals surface area contributed by atoms with Crippen LogP contribution >= 0.6 is 0 Å². The Balaban J connectivity index is 1.42. The molecule has 1 N–H and O–H groups in total. The lowest BCUT2D eigenvalue weighted by Gasteiger charge is -2.54. The van der Waals surface area contributed by atoms with Gasteiger partial charge in [0.2, 0.25) is 0 Å². The number of Topliss-reactive ketones (excluding diaryl/α,β-unsaturated/α-hetero) is 2. The van der Waals surface area contributed by atoms with Crippen molar-refractivity contribution in [1.82, 2.24) is 0 Å². The molecule has 3 saturated carbocycles. The third-order valence-corrected chi connectivity index (χ3v) is 12.1. The van der Waals surface area contributed by atoms with E-state index in [-0.39, 0.29) is 89.8 Å². The molecule has 1 aliphatic heterocycles. The quantitative estimate of drug-likeness (QED) is 0.256. The standard InChI is InChI=1S/C36H56O10/c1-8-21-10-9-11-29(37)18(2)35(40)28-14-25-23-12-22(46-36(31(43-7)17-41-5)44-20(4)19(3)42-6)13-24(23)26-15-30(38)34(26)33(25)27(28)16-32(39)45-21/h14,18-27,29,31,33-34,36-37H,8-13,15-17H2,1-7H3/t18-,19-,20?,21+,22+,23-,24-,25?,26+,27-,29+,31+,33-,34-,36?/m1/s1. The first-order chi connectivity index (χ1) is 22.0. The van der Waals surface area contributed by atoms with Gasteiger partial charge in [-0.15, -0.1) is 0 Å². The lowest BCUT2D eigenvalue weighted by molar-refractivity contribution is -0.255. The number of ketones is 2. The Morgan fingerprint density at radius 3 is 2.37 bits per heavy atom. The SMILES string of the molecule is CC[C@H]1CCC[C@H](O)[C@@H](C)C(=O)C2=CC3[C@@H]([C@H]4C(=O)C[C@H]4[C@@H]4C[C@@H](OC(OC(C)[C@@H](C)OC)[C@H](COC)OC)C[C@@H]34)[C@@H]2CC(=O)O1. The van der Waals surface area contributed by atoms with E-state index < -0.39 is 24.4 Å². The Kier molecular flexibility index (Phi) is 11.8. The number of methoxy groups -OCH3 is 3. The molecule has 10 heteroatoms. The van der Waals surface area contributed by atoms with E-state index in [9.17, 15) is 19.5 Å². The van der Waals surface area contributed by atoms with Gasteiger partial charge in [-0.05, 0) is 87.5 Å². The van der Waals surface area contributed by atoms with Crippen LogP contribution in [0.3, 0.4) is 0 Å². The molecule has 0 radical (unpaired) electrons. The van der Waals surface area contributed by atoms with Gasteiger partial charge in [0, 0.05) is 45.5 Å². The van der Waals surface area contributed by atoms with Crippen molar-refractivity contribution in [3.63, 3.8) is 0 Å². The molecule has 0 aromatic rings. The van der Waals surface area contributed by atoms with Gasteiger partial charge in [0.1, 0.15) is 18.0 Å². The number of carbonyl (C=O) groups excluding carboxylic acids is 3. The zero-order valence-electron chi connectivity index (χ0n) is 28.7. The second kappa shape index (κ2) is 15.2. The molecule has 15 atom stereocenters. The average molecular weight is 649 g/mol. The van der Waals surface area contributed by atoms with Crippen molar-refractivity contribution in [2.45, 2.75) is 122 Å². The Morgan fingerprint density at radius 2 is 1.72 bits per heavy atom. The summed E-state index contributed by atoms with van der Waals surface area (Å²) in [6.07, 6.45) is 4.13. The van der Waals surface area contributed by atoms with Crippen molar-refractivity contribution in [3.05, 3.63) is 11.6 Å². The summed E-state index contributed by atoms with van der Waals surface area (Å²) in [5.74, 6) is -0.810. The minimum absolute atomic E-state index is 0.0266. The van der Waals surface area contributed by atoms with Crippen LogP contribution in [0.1, 0.15) is 79.1 Å². The van der Waals surface area contributed by atoms with Gasteiger partial charge in [0.15, 0.2) is 12.1 Å². The van der Waals surface area contributed by atoms with Crippen molar-refractivity contribution in [2.75, 3.05) is 27.9 Å². The van der Waals surface area contributed by atoms with Gasteiger partial charge in [-0.25, -0.2) is 0 Å². The first-order valence-corrected chi connectivity index (χ1v) is 17.5. The number of esters is 1. The Labute approximate surface area is 274 Å². The number of aliphatic hydroxyl groups excluding tert-OH is 1. The Hall–Kier alpha value is -1.69. The predicted molar refractivity (Wildman–Crippen MR) is 169 cm³/mol. The zero-order valence-corrected chi connectivity index (χ0v) is 28.7. The second-order valence-electron chi connectivity index (χ2n) is 14.6. The number of hydrogen-bond donors (Lipinski definition) is 1. The van der Waals surface area contributed by atoms with E-state index in [1.165, 1.54) is 0 Å². The van der Waals surface area contributed by atoms with E-state index in [2.05, 4.69) is 6.08 Å². The topological polar surface area (TPSA) is 127 Å². The second-order valence-corrected chi connectivity index (χ2v) is 14.6. The van der Waals surface area contributed by atoms with Gasteiger partial charge in [0.05, 0.1) is 37.4 Å². The predicted octanol–water partition coefficient (Wildman–Crippen LogP) is 4.29. The van der Waals surface area contributed by atoms with Crippen LogP contribution < -0.4 is 0 Å². The highest BCUT2D eigenvalue weighted by atomic mass is 16.7. The van der Waals surface area contributed by atoms with E-state index in [4.69, 9.17) is 28.4 Å². The highest BCUT2D eigenvalue weighted by Crippen LogP contribution is 2.64. The molecule has 5 rings (SSSR count). The number of aliphatic hydroxyl groups is 1. The minimum atomic E-state index is -0.764. The fourth-order valence-electron chi connectivity index (χ4n) is 9.25. The summed E-state index contributed by atoms with van der Waals surface area (Å²) >= 11 is 0. The number of ether oxygens (including phenoxy) is 6. The molecule has 1 saturated heterocycles. The smallest absolute Gasteiger partial charge is 0.306 e. The van der Waals surface area contributed by atoms with E-state index in [1.54, 1.807) is 28.3 Å². The first-order valence-electron chi connectivity index (χ1n) is 17.5. The molecular formula is C36H56O10. The maximum absolute atomic E-state index is 14.0. The number of allylic oxidation sites excluding steroid dienone is 2. The van der Waals surface area contributed by atoms with Gasteiger partial charge < -0.3 is 33.5 Å². The van der Waals surface area contributed by atoms with Crippen molar-refractivity contribution < 1.29 is 47.9 Å². The van der Waals surface area contributed by atoms with E-state index in [0.29, 0.717) is 44.3 Å². The van der Waals surface area contributed by atoms with Crippen LogP contribution in [0.2, 0.25) is 0 Å². The molecule has 0 aromatic carbocycles. The third kappa shape index (κ3) is 7.03. The largest absolute Gasteiger partial charge is 0.462 e. The number of fused-ring (bicyclic) bond motifs is 8. The molecule has 1 heterocycles. The van der Waals surface area contributed by atoms with Crippen molar-refractivity contribution in [2.24, 2.45) is 47.3 Å². The van der Waals surface area contributed by atoms with Gasteiger partial charge >= 0.3 is 5.97 Å². The summed E-state index contributed by atoms with van der Waals surface area (Å²) < 4.78 is 35.6. The number of rotatable bonds is 11. The maximum Gasteiger partial charge on any atom is 0.306 e. The summed E-state index contributed by atoms with van der Waals surface area (Å²) in [5, 5.41) is 11.0. The van der Waals surface area contributed by atoms with Crippen molar-refractivity contribution in [3.8, 4) is 0 Å².